The van der Waals surface area contributed by atoms with Crippen LogP contribution in [0.15, 0.2) is 48.0 Å². The Morgan fingerprint density at radius 1 is 0.857 bits per heavy atom. The summed E-state index contributed by atoms with van der Waals surface area (Å²) < 4.78 is 0. The average molecular weight is 373 g/mol. The van der Waals surface area contributed by atoms with Gasteiger partial charge in [0.15, 0.2) is 0 Å². The zero-order chi connectivity index (χ0) is 19.8. The molecule has 2 aromatic rings. The molecule has 0 saturated heterocycles. The molecule has 28 heavy (non-hydrogen) atoms. The fourth-order valence-corrected chi connectivity index (χ4v) is 5.26. The summed E-state index contributed by atoms with van der Waals surface area (Å²) >= 11 is 0. The third-order valence-corrected chi connectivity index (χ3v) is 6.99. The molecule has 0 aliphatic heterocycles. The second kappa shape index (κ2) is 7.54. The number of allylic oxidation sites excluding steroid dienone is 1. The highest BCUT2D eigenvalue weighted by Gasteiger charge is 2.28. The number of hydrogen-bond donors (Lipinski definition) is 0. The number of rotatable bonds is 3. The lowest BCUT2D eigenvalue weighted by molar-refractivity contribution is 0.274. The Kier molecular flexibility index (Phi) is 5.25. The van der Waals surface area contributed by atoms with E-state index in [0.29, 0.717) is 5.41 Å². The summed E-state index contributed by atoms with van der Waals surface area (Å²) in [6, 6.07) is 16.1. The van der Waals surface area contributed by atoms with Crippen LogP contribution in [-0.4, -0.2) is 0 Å². The summed E-state index contributed by atoms with van der Waals surface area (Å²) in [5, 5.41) is 0. The summed E-state index contributed by atoms with van der Waals surface area (Å²) in [6.45, 7) is 9.39. The quantitative estimate of drug-likeness (QED) is 0.475. The van der Waals surface area contributed by atoms with Crippen LogP contribution in [0, 0.1) is 5.41 Å². The Labute approximate surface area is 172 Å². The van der Waals surface area contributed by atoms with Crippen LogP contribution in [0.2, 0.25) is 0 Å². The van der Waals surface area contributed by atoms with Gasteiger partial charge >= 0.3 is 0 Å². The predicted molar refractivity (Wildman–Crippen MR) is 123 cm³/mol. The van der Waals surface area contributed by atoms with Crippen molar-refractivity contribution in [2.75, 3.05) is 0 Å². The zero-order valence-electron chi connectivity index (χ0n) is 18.3. The van der Waals surface area contributed by atoms with Gasteiger partial charge in [0.1, 0.15) is 0 Å². The lowest BCUT2D eigenvalue weighted by Gasteiger charge is -2.28. The molecule has 0 bridgehead atoms. The van der Waals surface area contributed by atoms with Gasteiger partial charge < -0.3 is 0 Å². The van der Waals surface area contributed by atoms with Crippen LogP contribution in [0.3, 0.4) is 0 Å². The van der Waals surface area contributed by atoms with E-state index in [1.807, 2.05) is 0 Å². The van der Waals surface area contributed by atoms with Gasteiger partial charge in [-0.2, -0.15) is 0 Å². The van der Waals surface area contributed by atoms with Gasteiger partial charge in [-0.1, -0.05) is 107 Å². The van der Waals surface area contributed by atoms with Crippen molar-refractivity contribution in [1.82, 2.24) is 0 Å². The summed E-state index contributed by atoms with van der Waals surface area (Å²) in [5.41, 5.74) is 9.52. The van der Waals surface area contributed by atoms with Crippen molar-refractivity contribution in [3.05, 3.63) is 64.7 Å². The summed E-state index contributed by atoms with van der Waals surface area (Å²) in [5.74, 6) is 0. The van der Waals surface area contributed by atoms with E-state index in [-0.39, 0.29) is 5.41 Å². The van der Waals surface area contributed by atoms with Gasteiger partial charge in [-0.15, -0.1) is 0 Å². The molecule has 0 N–H and O–H groups in total. The third kappa shape index (κ3) is 4.12. The minimum Gasteiger partial charge on any atom is -0.0646 e. The molecule has 1 fully saturated rings. The molecule has 0 nitrogen and oxygen atoms in total. The van der Waals surface area contributed by atoms with Crippen molar-refractivity contribution >= 4 is 6.08 Å². The van der Waals surface area contributed by atoms with Crippen LogP contribution in [0.25, 0.3) is 17.2 Å². The molecule has 0 heterocycles. The first-order valence-corrected chi connectivity index (χ1v) is 11.3. The highest BCUT2D eigenvalue weighted by molar-refractivity contribution is 5.81. The van der Waals surface area contributed by atoms with Crippen LogP contribution >= 0.6 is 0 Å². The molecule has 2 aliphatic carbocycles. The molecule has 2 aromatic carbocycles. The Balaban J connectivity index is 1.60. The zero-order valence-corrected chi connectivity index (χ0v) is 18.3. The summed E-state index contributed by atoms with van der Waals surface area (Å²) in [4.78, 5) is 0. The van der Waals surface area contributed by atoms with Gasteiger partial charge in [-0.3, -0.25) is 0 Å². The first-order chi connectivity index (χ1) is 13.3. The van der Waals surface area contributed by atoms with Crippen LogP contribution in [0.1, 0.15) is 89.3 Å². The van der Waals surface area contributed by atoms with Gasteiger partial charge in [-0.25, -0.2) is 0 Å². The number of fused-ring (bicyclic) bond motifs is 1. The van der Waals surface area contributed by atoms with Gasteiger partial charge in [0.05, 0.1) is 0 Å². The summed E-state index contributed by atoms with van der Waals surface area (Å²) in [7, 11) is 0. The first-order valence-electron chi connectivity index (χ1n) is 11.3. The monoisotopic (exact) mass is 372 g/mol. The van der Waals surface area contributed by atoms with Crippen LogP contribution in [-0.2, 0) is 11.8 Å². The lowest BCUT2D eigenvalue weighted by Crippen LogP contribution is -2.16. The van der Waals surface area contributed by atoms with Crippen molar-refractivity contribution in [3.8, 4) is 11.1 Å². The molecule has 0 atom stereocenters. The van der Waals surface area contributed by atoms with Crippen LogP contribution in [0.5, 0.6) is 0 Å². The second-order valence-electron chi connectivity index (χ2n) is 10.6. The molecule has 2 aliphatic rings. The molecule has 1 saturated carbocycles. The fraction of sp³-hybridized carbons (Fsp3) is 0.500. The van der Waals surface area contributed by atoms with Gasteiger partial charge in [0.25, 0.3) is 0 Å². The molecule has 148 valence electrons. The average Bonchev–Trinajstić information content (AvgIpc) is 2.93. The fourth-order valence-electron chi connectivity index (χ4n) is 5.26. The molecule has 0 unspecified atom stereocenters. The van der Waals surface area contributed by atoms with E-state index in [9.17, 15) is 0 Å². The largest absolute Gasteiger partial charge is 0.0646 e. The van der Waals surface area contributed by atoms with Gasteiger partial charge in [0, 0.05) is 0 Å². The first kappa shape index (κ1) is 19.5. The number of hydrogen-bond acceptors (Lipinski definition) is 0. The van der Waals surface area contributed by atoms with E-state index >= 15 is 0 Å². The summed E-state index contributed by atoms with van der Waals surface area (Å²) in [6.07, 6.45) is 13.5. The SMILES string of the molecule is CC1(CC2=Cc3c(cccc3-c3ccc(C(C)(C)C)cc3)C2)CCCCCC1. The van der Waals surface area contributed by atoms with Crippen molar-refractivity contribution in [3.63, 3.8) is 0 Å². The number of benzene rings is 2. The van der Waals surface area contributed by atoms with Crippen molar-refractivity contribution in [1.29, 1.82) is 0 Å². The van der Waals surface area contributed by atoms with Crippen molar-refractivity contribution in [2.24, 2.45) is 5.41 Å². The molecular weight excluding hydrogens is 336 g/mol. The van der Waals surface area contributed by atoms with Crippen molar-refractivity contribution < 1.29 is 0 Å². The molecule has 0 aromatic heterocycles. The maximum Gasteiger partial charge on any atom is -0.00574 e. The van der Waals surface area contributed by atoms with Crippen molar-refractivity contribution in [2.45, 2.75) is 84.5 Å². The smallest absolute Gasteiger partial charge is 0.00574 e. The van der Waals surface area contributed by atoms with E-state index in [1.165, 1.54) is 72.8 Å². The lowest BCUT2D eigenvalue weighted by atomic mass is 9.77. The Morgan fingerprint density at radius 2 is 1.54 bits per heavy atom. The topological polar surface area (TPSA) is 0 Å². The molecule has 4 rings (SSSR count). The van der Waals surface area contributed by atoms with E-state index in [1.54, 1.807) is 5.57 Å². The Morgan fingerprint density at radius 3 is 2.18 bits per heavy atom. The van der Waals surface area contributed by atoms with E-state index in [4.69, 9.17) is 0 Å². The minimum absolute atomic E-state index is 0.207. The third-order valence-electron chi connectivity index (χ3n) is 6.99. The molecular formula is C28H36. The second-order valence-corrected chi connectivity index (χ2v) is 10.6. The van der Waals surface area contributed by atoms with E-state index in [2.05, 4.69) is 76.2 Å². The Hall–Kier alpha value is -1.82. The molecule has 0 spiro atoms. The van der Waals surface area contributed by atoms with Gasteiger partial charge in [-0.05, 0) is 64.3 Å². The highest BCUT2D eigenvalue weighted by Crippen LogP contribution is 2.44. The molecule has 0 amide bonds. The minimum atomic E-state index is 0.207. The maximum atomic E-state index is 2.54. The maximum absolute atomic E-state index is 2.54. The normalized spacial score (nSPS) is 19.1. The standard InChI is InChI=1S/C28H36/c1-27(2,3)24-14-12-22(13-15-24)25-11-9-10-23-18-21(19-26(23)25)20-28(4)16-7-5-6-8-17-28/h9-15,19H,5-8,16-18,20H2,1-4H3. The van der Waals surface area contributed by atoms with Crippen LogP contribution < -0.4 is 0 Å². The van der Waals surface area contributed by atoms with Gasteiger partial charge in [0.2, 0.25) is 0 Å². The van der Waals surface area contributed by atoms with Crippen LogP contribution in [0.4, 0.5) is 0 Å². The van der Waals surface area contributed by atoms with E-state index < -0.39 is 0 Å². The Bertz CT molecular complexity index is 850. The van der Waals surface area contributed by atoms with E-state index in [0.717, 1.165) is 6.42 Å². The molecule has 0 heteroatoms. The molecule has 0 radical (unpaired) electrons. The predicted octanol–water partition coefficient (Wildman–Crippen LogP) is 8.34. The highest BCUT2D eigenvalue weighted by atomic mass is 14.3.